The van der Waals surface area contributed by atoms with Gasteiger partial charge < -0.3 is 4.90 Å². The summed E-state index contributed by atoms with van der Waals surface area (Å²) < 4.78 is 0. The summed E-state index contributed by atoms with van der Waals surface area (Å²) in [5.74, 6) is -0.636. The van der Waals surface area contributed by atoms with Gasteiger partial charge in [0, 0.05) is 5.69 Å². The van der Waals surface area contributed by atoms with E-state index in [0.29, 0.717) is 25.8 Å². The maximum absolute atomic E-state index is 13.7. The molecule has 3 N–H and O–H groups in total. The van der Waals surface area contributed by atoms with E-state index in [1.165, 1.54) is 5.56 Å². The number of aryl methyl sites for hydroxylation is 2. The molecule has 2 atom stereocenters. The van der Waals surface area contributed by atoms with Crippen molar-refractivity contribution in [1.29, 1.82) is 0 Å². The van der Waals surface area contributed by atoms with Gasteiger partial charge >= 0.3 is 0 Å². The van der Waals surface area contributed by atoms with Gasteiger partial charge in [-0.2, -0.15) is 0 Å². The molecule has 1 unspecified atom stereocenters. The Balaban J connectivity index is 1.61. The number of rotatable bonds is 7. The molecule has 2 amide bonds. The topological polar surface area (TPSA) is 81.7 Å². The first kappa shape index (κ1) is 22.7. The lowest BCUT2D eigenvalue weighted by atomic mass is 10.0. The van der Waals surface area contributed by atoms with Crippen LogP contribution in [0, 0.1) is 6.92 Å². The summed E-state index contributed by atoms with van der Waals surface area (Å²) >= 11 is 0. The molecule has 33 heavy (non-hydrogen) atoms. The lowest BCUT2D eigenvalue weighted by Crippen LogP contribution is -2.54. The van der Waals surface area contributed by atoms with Crippen LogP contribution in [0.5, 0.6) is 0 Å². The highest BCUT2D eigenvalue weighted by Crippen LogP contribution is 2.29. The molecule has 3 aromatic rings. The average molecular weight is 444 g/mol. The largest absolute Gasteiger partial charge is 0.306 e. The van der Waals surface area contributed by atoms with Gasteiger partial charge in [0.05, 0.1) is 18.6 Å². The second kappa shape index (κ2) is 10.4. The van der Waals surface area contributed by atoms with Crippen molar-refractivity contribution in [1.82, 2.24) is 10.8 Å². The minimum Gasteiger partial charge on any atom is -0.306 e. The quantitative estimate of drug-likeness (QED) is 0.385. The Morgan fingerprint density at radius 1 is 1.00 bits per heavy atom. The molecular weight excluding hydrogens is 414 g/mol. The minimum absolute atomic E-state index is 0.0793. The van der Waals surface area contributed by atoms with Crippen LogP contribution in [0.25, 0.3) is 0 Å². The van der Waals surface area contributed by atoms with Crippen molar-refractivity contribution in [2.24, 2.45) is 0 Å². The summed E-state index contributed by atoms with van der Waals surface area (Å²) in [7, 11) is 0. The highest BCUT2D eigenvalue weighted by Gasteiger charge is 2.33. The Hall–Kier alpha value is -3.48. The molecular formula is C27H29N3O3. The van der Waals surface area contributed by atoms with E-state index in [1.54, 1.807) is 10.4 Å². The molecule has 3 aromatic carbocycles. The molecule has 0 fully saturated rings. The van der Waals surface area contributed by atoms with Crippen molar-refractivity contribution in [3.8, 4) is 0 Å². The zero-order valence-electron chi connectivity index (χ0n) is 18.7. The van der Waals surface area contributed by atoms with E-state index in [4.69, 9.17) is 0 Å². The van der Waals surface area contributed by atoms with Gasteiger partial charge in [-0.15, -0.1) is 0 Å². The van der Waals surface area contributed by atoms with Gasteiger partial charge in [-0.05, 0) is 48.9 Å². The van der Waals surface area contributed by atoms with Gasteiger partial charge in [-0.25, -0.2) is 5.48 Å². The number of amides is 2. The fourth-order valence-electron chi connectivity index (χ4n) is 4.31. The maximum Gasteiger partial charge on any atom is 0.260 e. The molecule has 0 aromatic heterocycles. The summed E-state index contributed by atoms with van der Waals surface area (Å²) in [5, 5.41) is 12.6. The van der Waals surface area contributed by atoms with Crippen LogP contribution in [0.4, 0.5) is 5.69 Å². The summed E-state index contributed by atoms with van der Waals surface area (Å²) in [5.41, 5.74) is 6.91. The highest BCUT2D eigenvalue weighted by molar-refractivity contribution is 5.99. The fraction of sp³-hybridized carbons (Fsp3) is 0.259. The Bertz CT molecular complexity index is 1100. The third-order valence-corrected chi connectivity index (χ3v) is 6.12. The Labute approximate surface area is 194 Å². The Morgan fingerprint density at radius 3 is 2.42 bits per heavy atom. The average Bonchev–Trinajstić information content (AvgIpc) is 2.97. The van der Waals surface area contributed by atoms with Gasteiger partial charge in [0.1, 0.15) is 0 Å². The van der Waals surface area contributed by atoms with Crippen LogP contribution in [-0.4, -0.2) is 29.1 Å². The summed E-state index contributed by atoms with van der Waals surface area (Å²) in [6, 6.07) is 24.4. The predicted octanol–water partition coefficient (Wildman–Crippen LogP) is 3.55. The number of nitrogens with one attached hydrogen (secondary N) is 2. The second-order valence-corrected chi connectivity index (χ2v) is 8.51. The van der Waals surface area contributed by atoms with Gasteiger partial charge in [-0.1, -0.05) is 78.4 Å². The minimum atomic E-state index is -0.742. The van der Waals surface area contributed by atoms with E-state index in [0.717, 1.165) is 22.4 Å². The molecule has 6 nitrogen and oxygen atoms in total. The predicted molar refractivity (Wildman–Crippen MR) is 128 cm³/mol. The molecule has 0 saturated carbocycles. The normalized spacial score (nSPS) is 16.6. The van der Waals surface area contributed by atoms with Gasteiger partial charge in [0.15, 0.2) is 0 Å². The zero-order valence-corrected chi connectivity index (χ0v) is 18.7. The highest BCUT2D eigenvalue weighted by atomic mass is 16.5. The number of benzene rings is 3. The number of anilines is 1. The number of para-hydroxylation sites is 1. The molecule has 4 rings (SSSR count). The number of fused-ring (bicyclic) bond motifs is 1. The van der Waals surface area contributed by atoms with Crippen LogP contribution < -0.4 is 15.7 Å². The summed E-state index contributed by atoms with van der Waals surface area (Å²) in [6.07, 6.45) is 1.63. The monoisotopic (exact) mass is 443 g/mol. The molecule has 0 radical (unpaired) electrons. The van der Waals surface area contributed by atoms with Crippen molar-refractivity contribution in [3.63, 3.8) is 0 Å². The van der Waals surface area contributed by atoms with Gasteiger partial charge in [0.2, 0.25) is 5.91 Å². The van der Waals surface area contributed by atoms with E-state index < -0.39 is 18.0 Å². The first-order valence-corrected chi connectivity index (χ1v) is 11.2. The zero-order chi connectivity index (χ0) is 23.2. The lowest BCUT2D eigenvalue weighted by Gasteiger charge is -2.28. The standard InChI is InChI=1S/C27H29N3O3/c1-19-11-13-21(14-12-19)18-30-25-10-6-5-9-22(25)15-16-23(27(30)32)28-24(26(31)29-33)17-20-7-3-2-4-8-20/h2-14,23-24,28,33H,15-18H2,1H3,(H,29,31)/t23-,24?/m0/s1. The molecule has 0 spiro atoms. The van der Waals surface area contributed by atoms with Crippen LogP contribution in [0.15, 0.2) is 78.9 Å². The van der Waals surface area contributed by atoms with Crippen molar-refractivity contribution >= 4 is 17.5 Å². The molecule has 1 heterocycles. The molecule has 1 aliphatic rings. The third kappa shape index (κ3) is 5.48. The van der Waals surface area contributed by atoms with Crippen LogP contribution in [0.2, 0.25) is 0 Å². The van der Waals surface area contributed by atoms with E-state index in [1.807, 2.05) is 79.7 Å². The smallest absolute Gasteiger partial charge is 0.260 e. The summed E-state index contributed by atoms with van der Waals surface area (Å²) in [6.45, 7) is 2.49. The molecule has 170 valence electrons. The Morgan fingerprint density at radius 2 is 1.70 bits per heavy atom. The van der Waals surface area contributed by atoms with Crippen molar-refractivity contribution in [2.75, 3.05) is 4.90 Å². The maximum atomic E-state index is 13.7. The first-order chi connectivity index (χ1) is 16.0. The second-order valence-electron chi connectivity index (χ2n) is 8.51. The van der Waals surface area contributed by atoms with Gasteiger partial charge in [-0.3, -0.25) is 20.1 Å². The number of hydroxylamine groups is 1. The van der Waals surface area contributed by atoms with Crippen molar-refractivity contribution in [3.05, 3.63) is 101 Å². The molecule has 1 aliphatic heterocycles. The molecule has 0 saturated heterocycles. The molecule has 0 bridgehead atoms. The van der Waals surface area contributed by atoms with E-state index in [9.17, 15) is 14.8 Å². The van der Waals surface area contributed by atoms with E-state index >= 15 is 0 Å². The number of carbonyl (C=O) groups excluding carboxylic acids is 2. The van der Waals surface area contributed by atoms with Crippen LogP contribution in [0.3, 0.4) is 0 Å². The van der Waals surface area contributed by atoms with Crippen LogP contribution in [-0.2, 0) is 29.0 Å². The van der Waals surface area contributed by atoms with Gasteiger partial charge in [0.25, 0.3) is 5.91 Å². The first-order valence-electron chi connectivity index (χ1n) is 11.2. The number of carbonyl (C=O) groups is 2. The lowest BCUT2D eigenvalue weighted by molar-refractivity contribution is -0.132. The molecule has 6 heteroatoms. The number of hydrogen-bond acceptors (Lipinski definition) is 4. The molecule has 0 aliphatic carbocycles. The van der Waals surface area contributed by atoms with Crippen molar-refractivity contribution in [2.45, 2.75) is 44.8 Å². The number of hydrogen-bond donors (Lipinski definition) is 3. The number of nitrogens with zero attached hydrogens (tertiary/aromatic N) is 1. The third-order valence-electron chi connectivity index (χ3n) is 6.12. The SMILES string of the molecule is Cc1ccc(CN2C(=O)[C@@H](NC(Cc3ccccc3)C(=O)NO)CCc3ccccc32)cc1. The summed E-state index contributed by atoms with van der Waals surface area (Å²) in [4.78, 5) is 28.0. The Kier molecular flexibility index (Phi) is 7.17. The van der Waals surface area contributed by atoms with Crippen LogP contribution in [0.1, 0.15) is 28.7 Å². The fourth-order valence-corrected chi connectivity index (χ4v) is 4.31. The van der Waals surface area contributed by atoms with Crippen molar-refractivity contribution < 1.29 is 14.8 Å². The van der Waals surface area contributed by atoms with E-state index in [-0.39, 0.29) is 5.91 Å². The van der Waals surface area contributed by atoms with E-state index in [2.05, 4.69) is 11.4 Å². The van der Waals surface area contributed by atoms with Crippen LogP contribution >= 0.6 is 0 Å².